The number of piperidine rings is 1. The van der Waals surface area contributed by atoms with Crippen LogP contribution in [0, 0.1) is 11.8 Å². The van der Waals surface area contributed by atoms with Gasteiger partial charge in [0.1, 0.15) is 11.9 Å². The van der Waals surface area contributed by atoms with Crippen molar-refractivity contribution in [3.8, 4) is 0 Å². The zero-order valence-electron chi connectivity index (χ0n) is 19.4. The van der Waals surface area contributed by atoms with Crippen molar-refractivity contribution in [3.63, 3.8) is 0 Å². The lowest BCUT2D eigenvalue weighted by molar-refractivity contribution is -0.335. The molecule has 3 rings (SSSR count). The van der Waals surface area contributed by atoms with Gasteiger partial charge in [0, 0.05) is 19.6 Å². The van der Waals surface area contributed by atoms with Crippen molar-refractivity contribution in [1.29, 1.82) is 0 Å². The average Bonchev–Trinajstić information content (AvgIpc) is 3.20. The molecular formula is C22H32F3N5O3. The minimum Gasteiger partial charge on any atom is -0.444 e. The molecule has 2 heterocycles. The highest BCUT2D eigenvalue weighted by atomic mass is 19.4. The Bertz CT molecular complexity index is 867. The molecular weight excluding hydrogens is 439 g/mol. The summed E-state index contributed by atoms with van der Waals surface area (Å²) in [7, 11) is 0. The smallest absolute Gasteiger partial charge is 0.444 e. The maximum absolute atomic E-state index is 12.4. The third-order valence-electron chi connectivity index (χ3n) is 5.66. The van der Waals surface area contributed by atoms with E-state index in [1.165, 1.54) is 6.08 Å². The lowest BCUT2D eigenvalue weighted by Crippen LogP contribution is -2.40. The summed E-state index contributed by atoms with van der Waals surface area (Å²) in [6.45, 7) is 9.78. The number of nitrogens with one attached hydrogen (secondary N) is 1. The lowest BCUT2D eigenvalue weighted by Gasteiger charge is -2.34. The molecule has 2 atom stereocenters. The number of halogens is 3. The summed E-state index contributed by atoms with van der Waals surface area (Å²) in [5.74, 6) is 1.37. The highest BCUT2D eigenvalue weighted by Crippen LogP contribution is 2.28. The van der Waals surface area contributed by atoms with Gasteiger partial charge in [-0.25, -0.2) is 9.48 Å². The summed E-state index contributed by atoms with van der Waals surface area (Å²) >= 11 is 0. The Morgan fingerprint density at radius 1 is 1.27 bits per heavy atom. The first-order valence-corrected chi connectivity index (χ1v) is 11.2. The van der Waals surface area contributed by atoms with Gasteiger partial charge >= 0.3 is 12.5 Å². The molecule has 0 spiro atoms. The Morgan fingerprint density at radius 3 is 2.55 bits per heavy atom. The lowest BCUT2D eigenvalue weighted by atomic mass is 9.85. The zero-order chi connectivity index (χ0) is 24.2. The molecule has 2 aliphatic rings. The first-order chi connectivity index (χ1) is 15.4. The van der Waals surface area contributed by atoms with E-state index in [2.05, 4.69) is 32.0 Å². The van der Waals surface area contributed by atoms with Crippen LogP contribution in [-0.2, 0) is 9.47 Å². The van der Waals surface area contributed by atoms with Crippen molar-refractivity contribution in [1.82, 2.24) is 20.1 Å². The molecule has 33 heavy (non-hydrogen) atoms. The van der Waals surface area contributed by atoms with E-state index in [1.54, 1.807) is 23.2 Å². The van der Waals surface area contributed by atoms with Crippen molar-refractivity contribution in [2.75, 3.05) is 24.5 Å². The quantitative estimate of drug-likeness (QED) is 0.664. The van der Waals surface area contributed by atoms with Gasteiger partial charge in [-0.3, -0.25) is 4.74 Å². The molecule has 184 valence electrons. The summed E-state index contributed by atoms with van der Waals surface area (Å²) in [6.07, 6.45) is 2.08. The van der Waals surface area contributed by atoms with E-state index in [9.17, 15) is 18.0 Å². The number of hydrogen-bond donors (Lipinski definition) is 1. The van der Waals surface area contributed by atoms with E-state index in [0.29, 0.717) is 30.0 Å². The van der Waals surface area contributed by atoms with E-state index in [1.807, 2.05) is 20.8 Å². The van der Waals surface area contributed by atoms with Crippen molar-refractivity contribution >= 4 is 17.7 Å². The highest BCUT2D eigenvalue weighted by Gasteiger charge is 2.33. The third-order valence-corrected chi connectivity index (χ3v) is 5.66. The van der Waals surface area contributed by atoms with Crippen LogP contribution in [-0.4, -0.2) is 58.6 Å². The number of aromatic nitrogens is 3. The summed E-state index contributed by atoms with van der Waals surface area (Å²) in [5.41, 5.74) is 0.143. The molecule has 2 unspecified atom stereocenters. The summed E-state index contributed by atoms with van der Waals surface area (Å²) < 4.78 is 47.9. The van der Waals surface area contributed by atoms with E-state index in [0.717, 1.165) is 25.9 Å². The monoisotopic (exact) mass is 471 g/mol. The number of carbonyl (C=O) groups excluding carboxylic acids is 1. The molecule has 8 nitrogen and oxygen atoms in total. The number of rotatable bonds is 6. The number of anilines is 1. The van der Waals surface area contributed by atoms with Gasteiger partial charge in [0.2, 0.25) is 5.95 Å². The third kappa shape index (κ3) is 7.76. The average molecular weight is 472 g/mol. The molecule has 0 aromatic carbocycles. The number of allylic oxidation sites excluding steroid dienone is 2. The summed E-state index contributed by atoms with van der Waals surface area (Å²) in [4.78, 5) is 18.3. The Labute approximate surface area is 191 Å². The first-order valence-electron chi connectivity index (χ1n) is 11.2. The second kappa shape index (κ2) is 10.1. The van der Waals surface area contributed by atoms with Crippen molar-refractivity contribution in [2.45, 2.75) is 65.0 Å². The molecule has 11 heteroatoms. The fourth-order valence-corrected chi connectivity index (χ4v) is 3.94. The number of amides is 1. The minimum absolute atomic E-state index is 0.112. The predicted molar refractivity (Wildman–Crippen MR) is 117 cm³/mol. The summed E-state index contributed by atoms with van der Waals surface area (Å²) in [6, 6.07) is 0. The fraction of sp³-hybridized carbons (Fsp3) is 0.682. The Hall–Kier alpha value is -2.56. The van der Waals surface area contributed by atoms with Crippen LogP contribution in [0.25, 0.3) is 5.70 Å². The second-order valence-electron chi connectivity index (χ2n) is 9.50. The highest BCUT2D eigenvalue weighted by molar-refractivity contribution is 5.67. The molecule has 0 bridgehead atoms. The molecule has 1 aliphatic carbocycles. The van der Waals surface area contributed by atoms with Gasteiger partial charge in [0.15, 0.2) is 0 Å². The van der Waals surface area contributed by atoms with Gasteiger partial charge in [-0.15, -0.1) is 18.3 Å². The molecule has 1 saturated heterocycles. The standard InChI is InChI=1S/C22H32F3N5O3/c1-15(13-26-20(31)33-21(2,3)4)16-9-11-29(12-10-16)19-27-14-30(28-19)17-5-7-18(8-6-17)32-22(23,24)25/h5-7,14-16,18H,8-13H2,1-4H3,(H,26,31). The Morgan fingerprint density at radius 2 is 1.97 bits per heavy atom. The Balaban J connectivity index is 1.45. The van der Waals surface area contributed by atoms with Gasteiger partial charge < -0.3 is 15.0 Å². The maximum atomic E-state index is 12.4. The van der Waals surface area contributed by atoms with E-state index < -0.39 is 24.2 Å². The topological polar surface area (TPSA) is 81.5 Å². The second-order valence-corrected chi connectivity index (χ2v) is 9.50. The number of alkyl halides is 3. The van der Waals surface area contributed by atoms with E-state index in [-0.39, 0.29) is 6.42 Å². The molecule has 1 aromatic rings. The number of carbonyl (C=O) groups is 1. The van der Waals surface area contributed by atoms with Gasteiger partial charge in [-0.2, -0.15) is 4.98 Å². The normalized spacial score (nSPS) is 21.0. The van der Waals surface area contributed by atoms with Gasteiger partial charge in [0.05, 0.1) is 11.8 Å². The molecule has 1 aliphatic heterocycles. The molecule has 1 amide bonds. The van der Waals surface area contributed by atoms with Crippen molar-refractivity contribution in [3.05, 3.63) is 24.6 Å². The van der Waals surface area contributed by atoms with Crippen LogP contribution in [0.2, 0.25) is 0 Å². The first kappa shape index (κ1) is 25.1. The number of ether oxygens (including phenoxy) is 2. The van der Waals surface area contributed by atoms with Crippen LogP contribution < -0.4 is 10.2 Å². The number of alkyl carbamates (subject to hydrolysis) is 1. The van der Waals surface area contributed by atoms with Gasteiger partial charge in [0.25, 0.3) is 0 Å². The SMILES string of the molecule is CC(CNC(=O)OC(C)(C)C)C1CCN(c2ncn(C3=CCC(OC(F)(F)F)C=C3)n2)CC1. The molecule has 0 saturated carbocycles. The van der Waals surface area contributed by atoms with E-state index >= 15 is 0 Å². The number of hydrogen-bond acceptors (Lipinski definition) is 6. The minimum atomic E-state index is -4.66. The van der Waals surface area contributed by atoms with Gasteiger partial charge in [-0.1, -0.05) is 19.1 Å². The van der Waals surface area contributed by atoms with Gasteiger partial charge in [-0.05, 0) is 57.9 Å². The van der Waals surface area contributed by atoms with Crippen LogP contribution in [0.1, 0.15) is 47.0 Å². The molecule has 0 radical (unpaired) electrons. The van der Waals surface area contributed by atoms with Crippen LogP contribution in [0.5, 0.6) is 0 Å². The van der Waals surface area contributed by atoms with Crippen LogP contribution in [0.4, 0.5) is 23.9 Å². The van der Waals surface area contributed by atoms with Crippen LogP contribution in [0.3, 0.4) is 0 Å². The Kier molecular flexibility index (Phi) is 7.71. The van der Waals surface area contributed by atoms with Crippen molar-refractivity contribution < 1.29 is 27.4 Å². The van der Waals surface area contributed by atoms with Crippen molar-refractivity contribution in [2.24, 2.45) is 11.8 Å². The van der Waals surface area contributed by atoms with E-state index in [4.69, 9.17) is 4.74 Å². The van der Waals surface area contributed by atoms with Crippen LogP contribution in [0.15, 0.2) is 24.6 Å². The molecule has 1 aromatic heterocycles. The largest absolute Gasteiger partial charge is 0.523 e. The zero-order valence-corrected chi connectivity index (χ0v) is 19.4. The van der Waals surface area contributed by atoms with Crippen LogP contribution >= 0.6 is 0 Å². The summed E-state index contributed by atoms with van der Waals surface area (Å²) in [5, 5.41) is 7.34. The fourth-order valence-electron chi connectivity index (χ4n) is 3.94. The number of nitrogens with zero attached hydrogens (tertiary/aromatic N) is 4. The molecule has 1 N–H and O–H groups in total. The maximum Gasteiger partial charge on any atom is 0.523 e. The predicted octanol–water partition coefficient (Wildman–Crippen LogP) is 4.36. The molecule has 1 fully saturated rings.